The van der Waals surface area contributed by atoms with Crippen molar-refractivity contribution in [3.63, 3.8) is 0 Å². The first-order valence-electron chi connectivity index (χ1n) is 5.10. The molecule has 0 N–H and O–H groups in total. The maximum Gasteiger partial charge on any atom is 0.419 e. The lowest BCUT2D eigenvalue weighted by molar-refractivity contribution is -0.138. The fraction of sp³-hybridized carbons (Fsp3) is 0.0833. The second-order valence-electron chi connectivity index (χ2n) is 3.57. The summed E-state index contributed by atoms with van der Waals surface area (Å²) in [5.41, 5.74) is -2.69. The van der Waals surface area contributed by atoms with Crippen molar-refractivity contribution >= 4 is 0 Å². The second-order valence-corrected chi connectivity index (χ2v) is 3.57. The summed E-state index contributed by atoms with van der Waals surface area (Å²) in [5.74, 6) is -0.0323. The average Bonchev–Trinajstić information content (AvgIpc) is 2.37. The Balaban J connectivity index is 2.82. The van der Waals surface area contributed by atoms with Gasteiger partial charge in [0.1, 0.15) is 17.6 Å². The van der Waals surface area contributed by atoms with E-state index in [4.69, 9.17) is 5.26 Å². The number of nitriles is 1. The van der Waals surface area contributed by atoms with Crippen molar-refractivity contribution in [1.82, 2.24) is 9.55 Å². The minimum atomic E-state index is -4.71. The number of pyridine rings is 2. The number of hydrogen-bond acceptors (Lipinski definition) is 3. The van der Waals surface area contributed by atoms with E-state index in [0.29, 0.717) is 10.6 Å². The molecule has 0 aromatic carbocycles. The van der Waals surface area contributed by atoms with Gasteiger partial charge in [-0.2, -0.15) is 18.4 Å². The minimum absolute atomic E-state index is 0.0323. The molecule has 2 aromatic heterocycles. The van der Waals surface area contributed by atoms with E-state index < -0.39 is 23.0 Å². The van der Waals surface area contributed by atoms with E-state index in [-0.39, 0.29) is 5.82 Å². The van der Waals surface area contributed by atoms with Gasteiger partial charge in [0.2, 0.25) is 0 Å². The van der Waals surface area contributed by atoms with Crippen LogP contribution in [0.2, 0.25) is 0 Å². The molecule has 0 fully saturated rings. The van der Waals surface area contributed by atoms with Crippen molar-refractivity contribution < 1.29 is 13.2 Å². The van der Waals surface area contributed by atoms with Crippen LogP contribution in [0.1, 0.15) is 11.3 Å². The maximum atomic E-state index is 12.8. The predicted octanol–water partition coefficient (Wildman–Crippen LogP) is 2.12. The second kappa shape index (κ2) is 4.57. The van der Waals surface area contributed by atoms with E-state index in [2.05, 4.69) is 4.98 Å². The lowest BCUT2D eigenvalue weighted by atomic mass is 10.2. The first-order valence-corrected chi connectivity index (χ1v) is 5.10. The number of halogens is 3. The monoisotopic (exact) mass is 265 g/mol. The van der Waals surface area contributed by atoms with Gasteiger partial charge in [-0.1, -0.05) is 6.07 Å². The highest BCUT2D eigenvalue weighted by Crippen LogP contribution is 2.31. The molecule has 0 aliphatic carbocycles. The molecule has 0 atom stereocenters. The van der Waals surface area contributed by atoms with Crippen LogP contribution in [0, 0.1) is 11.3 Å². The molecule has 19 heavy (non-hydrogen) atoms. The highest BCUT2D eigenvalue weighted by atomic mass is 19.4. The van der Waals surface area contributed by atoms with Gasteiger partial charge in [-0.25, -0.2) is 4.98 Å². The molecule has 7 heteroatoms. The van der Waals surface area contributed by atoms with E-state index in [1.807, 2.05) is 0 Å². The number of nitrogens with zero attached hydrogens (tertiary/aromatic N) is 3. The molecule has 0 unspecified atom stereocenters. The van der Waals surface area contributed by atoms with Crippen LogP contribution in [0.5, 0.6) is 0 Å². The molecular weight excluding hydrogens is 259 g/mol. The molecule has 0 aliphatic rings. The van der Waals surface area contributed by atoms with Gasteiger partial charge in [-0.05, 0) is 18.2 Å². The molecule has 0 amide bonds. The van der Waals surface area contributed by atoms with Crippen LogP contribution in [-0.2, 0) is 6.18 Å². The standard InChI is InChI=1S/C12H6F3N3O/c13-12(14,15)8-4-5-11(19)18(9(8)7-16)10-3-1-2-6-17-10/h1-6H. The summed E-state index contributed by atoms with van der Waals surface area (Å²) in [6, 6.07) is 7.18. The summed E-state index contributed by atoms with van der Waals surface area (Å²) in [6.07, 6.45) is -3.39. The lowest BCUT2D eigenvalue weighted by Crippen LogP contribution is -2.24. The molecule has 4 nitrogen and oxygen atoms in total. The third kappa shape index (κ3) is 2.33. The first kappa shape index (κ1) is 12.8. The van der Waals surface area contributed by atoms with Gasteiger partial charge in [0.25, 0.3) is 5.56 Å². The molecule has 96 valence electrons. The molecule has 0 aliphatic heterocycles. The number of rotatable bonds is 1. The van der Waals surface area contributed by atoms with E-state index in [1.165, 1.54) is 24.4 Å². The summed E-state index contributed by atoms with van der Waals surface area (Å²) in [7, 11) is 0. The SMILES string of the molecule is N#Cc1c(C(F)(F)F)ccc(=O)n1-c1ccccn1. The molecule has 0 bridgehead atoms. The van der Waals surface area contributed by atoms with Crippen LogP contribution >= 0.6 is 0 Å². The molecule has 0 saturated carbocycles. The van der Waals surface area contributed by atoms with Crippen molar-refractivity contribution in [2.24, 2.45) is 0 Å². The Morgan fingerprint density at radius 1 is 1.21 bits per heavy atom. The van der Waals surface area contributed by atoms with Crippen molar-refractivity contribution in [2.75, 3.05) is 0 Å². The fourth-order valence-electron chi connectivity index (χ4n) is 1.59. The van der Waals surface area contributed by atoms with Crippen molar-refractivity contribution in [2.45, 2.75) is 6.18 Å². The van der Waals surface area contributed by atoms with Gasteiger partial charge in [-0.3, -0.25) is 9.36 Å². The lowest BCUT2D eigenvalue weighted by Gasteiger charge is -2.13. The van der Waals surface area contributed by atoms with Crippen LogP contribution < -0.4 is 5.56 Å². The molecule has 0 radical (unpaired) electrons. The van der Waals surface area contributed by atoms with Crippen LogP contribution in [0.15, 0.2) is 41.3 Å². The normalized spacial score (nSPS) is 11.1. The smallest absolute Gasteiger partial charge is 0.269 e. The van der Waals surface area contributed by atoms with Crippen LogP contribution in [0.3, 0.4) is 0 Å². The van der Waals surface area contributed by atoms with Crippen LogP contribution in [-0.4, -0.2) is 9.55 Å². The quantitative estimate of drug-likeness (QED) is 0.793. The highest BCUT2D eigenvalue weighted by Gasteiger charge is 2.35. The van der Waals surface area contributed by atoms with Gasteiger partial charge >= 0.3 is 6.18 Å². The predicted molar refractivity (Wildman–Crippen MR) is 59.6 cm³/mol. The topological polar surface area (TPSA) is 58.7 Å². The van der Waals surface area contributed by atoms with Gasteiger partial charge in [0, 0.05) is 12.3 Å². The maximum absolute atomic E-state index is 12.8. The van der Waals surface area contributed by atoms with Gasteiger partial charge in [-0.15, -0.1) is 0 Å². The number of aromatic nitrogens is 2. The van der Waals surface area contributed by atoms with E-state index in [0.717, 1.165) is 6.07 Å². The Hall–Kier alpha value is -2.62. The Labute approximate surface area is 105 Å². The zero-order chi connectivity index (χ0) is 14.0. The van der Waals surface area contributed by atoms with E-state index >= 15 is 0 Å². The summed E-state index contributed by atoms with van der Waals surface area (Å²) in [5, 5.41) is 8.91. The number of hydrogen-bond donors (Lipinski definition) is 0. The summed E-state index contributed by atoms with van der Waals surface area (Å²) >= 11 is 0. The summed E-state index contributed by atoms with van der Waals surface area (Å²) in [4.78, 5) is 15.5. The fourth-order valence-corrected chi connectivity index (χ4v) is 1.59. The Bertz CT molecular complexity index is 699. The molecule has 0 spiro atoms. The largest absolute Gasteiger partial charge is 0.419 e. The van der Waals surface area contributed by atoms with Crippen molar-refractivity contribution in [1.29, 1.82) is 5.26 Å². The van der Waals surface area contributed by atoms with Gasteiger partial charge in [0.15, 0.2) is 0 Å². The molecular formula is C12H6F3N3O. The summed E-state index contributed by atoms with van der Waals surface area (Å²) < 4.78 is 39.0. The van der Waals surface area contributed by atoms with Gasteiger partial charge < -0.3 is 0 Å². The van der Waals surface area contributed by atoms with Crippen molar-refractivity contribution in [3.8, 4) is 11.9 Å². The molecule has 0 saturated heterocycles. The Morgan fingerprint density at radius 3 is 2.47 bits per heavy atom. The van der Waals surface area contributed by atoms with E-state index in [9.17, 15) is 18.0 Å². The summed E-state index contributed by atoms with van der Waals surface area (Å²) in [6.45, 7) is 0. The highest BCUT2D eigenvalue weighted by molar-refractivity contribution is 5.40. The zero-order valence-electron chi connectivity index (χ0n) is 9.35. The van der Waals surface area contributed by atoms with Crippen LogP contribution in [0.25, 0.3) is 5.82 Å². The van der Waals surface area contributed by atoms with Crippen molar-refractivity contribution in [3.05, 3.63) is 58.1 Å². The Morgan fingerprint density at radius 2 is 1.95 bits per heavy atom. The van der Waals surface area contributed by atoms with E-state index in [1.54, 1.807) is 6.07 Å². The van der Waals surface area contributed by atoms with Crippen LogP contribution in [0.4, 0.5) is 13.2 Å². The third-order valence-corrected chi connectivity index (χ3v) is 2.38. The minimum Gasteiger partial charge on any atom is -0.269 e. The van der Waals surface area contributed by atoms with Gasteiger partial charge in [0.05, 0.1) is 5.56 Å². The molecule has 2 rings (SSSR count). The third-order valence-electron chi connectivity index (χ3n) is 2.38. The molecule has 2 aromatic rings. The Kier molecular flexibility index (Phi) is 3.09. The first-order chi connectivity index (χ1) is 8.95. The zero-order valence-corrected chi connectivity index (χ0v) is 9.35. The average molecular weight is 265 g/mol. The number of alkyl halides is 3. The molecule has 2 heterocycles.